The summed E-state index contributed by atoms with van der Waals surface area (Å²) in [5.41, 5.74) is 6.25. The molecule has 0 aliphatic heterocycles. The molecule has 0 fully saturated rings. The molecule has 2 N–H and O–H groups in total. The Labute approximate surface area is 113 Å². The van der Waals surface area contributed by atoms with Crippen LogP contribution >= 0.6 is 0 Å². The van der Waals surface area contributed by atoms with Crippen molar-refractivity contribution < 1.29 is 13.2 Å². The van der Waals surface area contributed by atoms with E-state index < -0.39 is 17.5 Å². The molecular formula is C15H22F3N. The smallest absolute Gasteiger partial charge is 0.161 e. The Balaban J connectivity index is 2.79. The van der Waals surface area contributed by atoms with E-state index in [1.54, 1.807) is 0 Å². The minimum absolute atomic E-state index is 0.156. The fourth-order valence-electron chi connectivity index (χ4n) is 2.45. The van der Waals surface area contributed by atoms with Crippen LogP contribution in [0.4, 0.5) is 13.2 Å². The maximum absolute atomic E-state index is 13.6. The van der Waals surface area contributed by atoms with E-state index in [0.717, 1.165) is 31.7 Å². The molecule has 1 nitrogen and oxygen atoms in total. The normalized spacial score (nSPS) is 13.0. The van der Waals surface area contributed by atoms with Crippen molar-refractivity contribution in [3.8, 4) is 0 Å². The van der Waals surface area contributed by atoms with Gasteiger partial charge in [0.05, 0.1) is 0 Å². The van der Waals surface area contributed by atoms with E-state index >= 15 is 0 Å². The van der Waals surface area contributed by atoms with Gasteiger partial charge in [-0.1, -0.05) is 26.7 Å². The lowest BCUT2D eigenvalue weighted by Gasteiger charge is -2.23. The lowest BCUT2D eigenvalue weighted by Crippen LogP contribution is -2.32. The van der Waals surface area contributed by atoms with Gasteiger partial charge < -0.3 is 5.73 Å². The average Bonchev–Trinajstić information content (AvgIpc) is 2.35. The first-order valence-electron chi connectivity index (χ1n) is 6.88. The van der Waals surface area contributed by atoms with Crippen molar-refractivity contribution in [2.75, 3.05) is 0 Å². The number of benzene rings is 1. The van der Waals surface area contributed by atoms with Gasteiger partial charge in [0.2, 0.25) is 0 Å². The molecule has 1 unspecified atom stereocenters. The van der Waals surface area contributed by atoms with Gasteiger partial charge in [-0.15, -0.1) is 0 Å². The molecule has 1 aromatic carbocycles. The summed E-state index contributed by atoms with van der Waals surface area (Å²) in [5, 5.41) is 0. The Morgan fingerprint density at radius 1 is 0.947 bits per heavy atom. The van der Waals surface area contributed by atoms with Crippen LogP contribution in [0.25, 0.3) is 0 Å². The number of rotatable bonds is 7. The molecule has 0 aromatic heterocycles. The second kappa shape index (κ2) is 7.53. The molecule has 1 rings (SSSR count). The van der Waals surface area contributed by atoms with Crippen LogP contribution in [0.15, 0.2) is 12.1 Å². The lowest BCUT2D eigenvalue weighted by molar-refractivity contribution is 0.356. The lowest BCUT2D eigenvalue weighted by atomic mass is 9.87. The molecule has 0 bridgehead atoms. The first kappa shape index (κ1) is 16.0. The van der Waals surface area contributed by atoms with Gasteiger partial charge in [0.15, 0.2) is 11.6 Å². The molecule has 0 saturated carbocycles. The van der Waals surface area contributed by atoms with E-state index in [9.17, 15) is 13.2 Å². The molecular weight excluding hydrogens is 251 g/mol. The number of halogens is 3. The van der Waals surface area contributed by atoms with Gasteiger partial charge >= 0.3 is 0 Å². The maximum atomic E-state index is 13.6. The third-order valence-electron chi connectivity index (χ3n) is 3.47. The second-order valence-corrected chi connectivity index (χ2v) is 5.06. The van der Waals surface area contributed by atoms with E-state index in [4.69, 9.17) is 5.73 Å². The van der Waals surface area contributed by atoms with Crippen molar-refractivity contribution in [2.45, 2.75) is 52.0 Å². The fraction of sp³-hybridized carbons (Fsp3) is 0.600. The summed E-state index contributed by atoms with van der Waals surface area (Å²) in [6.45, 7) is 4.15. The fourth-order valence-corrected chi connectivity index (χ4v) is 2.45. The molecule has 4 heteroatoms. The molecule has 0 radical (unpaired) electrons. The van der Waals surface area contributed by atoms with Crippen molar-refractivity contribution in [3.63, 3.8) is 0 Å². The number of hydrogen-bond donors (Lipinski definition) is 1. The van der Waals surface area contributed by atoms with E-state index in [1.165, 1.54) is 0 Å². The largest absolute Gasteiger partial charge is 0.327 e. The third kappa shape index (κ3) is 4.53. The second-order valence-electron chi connectivity index (χ2n) is 5.06. The van der Waals surface area contributed by atoms with Gasteiger partial charge in [0.25, 0.3) is 0 Å². The van der Waals surface area contributed by atoms with Gasteiger partial charge in [-0.25, -0.2) is 13.2 Å². The van der Waals surface area contributed by atoms with E-state index in [2.05, 4.69) is 13.8 Å². The first-order chi connectivity index (χ1) is 8.99. The van der Waals surface area contributed by atoms with Crippen molar-refractivity contribution in [3.05, 3.63) is 35.1 Å². The predicted molar refractivity (Wildman–Crippen MR) is 71.3 cm³/mol. The van der Waals surface area contributed by atoms with Gasteiger partial charge in [0.1, 0.15) is 5.82 Å². The molecule has 1 aromatic rings. The van der Waals surface area contributed by atoms with Crippen LogP contribution in [0.3, 0.4) is 0 Å². The van der Waals surface area contributed by atoms with Crippen molar-refractivity contribution in [1.29, 1.82) is 0 Å². The summed E-state index contributed by atoms with van der Waals surface area (Å²) >= 11 is 0. The summed E-state index contributed by atoms with van der Waals surface area (Å²) in [5.74, 6) is -2.61. The van der Waals surface area contributed by atoms with Crippen LogP contribution in [0.1, 0.15) is 45.1 Å². The Hall–Kier alpha value is -1.03. The zero-order valence-corrected chi connectivity index (χ0v) is 11.6. The monoisotopic (exact) mass is 273 g/mol. The van der Waals surface area contributed by atoms with Crippen LogP contribution in [-0.4, -0.2) is 6.04 Å². The minimum Gasteiger partial charge on any atom is -0.327 e. The van der Waals surface area contributed by atoms with Crippen molar-refractivity contribution >= 4 is 0 Å². The van der Waals surface area contributed by atoms with Gasteiger partial charge in [-0.05, 0) is 36.8 Å². The molecule has 108 valence electrons. The van der Waals surface area contributed by atoms with Gasteiger partial charge in [-0.2, -0.15) is 0 Å². The highest BCUT2D eigenvalue weighted by atomic mass is 19.2. The Bertz CT molecular complexity index is 401. The molecule has 0 aliphatic rings. The molecule has 0 heterocycles. The molecule has 0 spiro atoms. The van der Waals surface area contributed by atoms with Crippen molar-refractivity contribution in [2.24, 2.45) is 11.7 Å². The Morgan fingerprint density at radius 3 is 2.00 bits per heavy atom. The van der Waals surface area contributed by atoms with Crippen LogP contribution in [-0.2, 0) is 6.42 Å². The highest BCUT2D eigenvalue weighted by molar-refractivity contribution is 5.21. The highest BCUT2D eigenvalue weighted by Gasteiger charge is 2.19. The highest BCUT2D eigenvalue weighted by Crippen LogP contribution is 2.22. The number of nitrogens with two attached hydrogens (primary N) is 1. The molecule has 0 aliphatic carbocycles. The average molecular weight is 273 g/mol. The Morgan fingerprint density at radius 2 is 1.47 bits per heavy atom. The summed E-state index contributed by atoms with van der Waals surface area (Å²) < 4.78 is 39.5. The summed E-state index contributed by atoms with van der Waals surface area (Å²) in [6.07, 6.45) is 4.21. The Kier molecular flexibility index (Phi) is 6.35. The minimum atomic E-state index is -1.16. The zero-order valence-electron chi connectivity index (χ0n) is 11.6. The van der Waals surface area contributed by atoms with Crippen LogP contribution < -0.4 is 5.73 Å². The maximum Gasteiger partial charge on any atom is 0.161 e. The van der Waals surface area contributed by atoms with Crippen LogP contribution in [0.2, 0.25) is 0 Å². The zero-order chi connectivity index (χ0) is 14.4. The van der Waals surface area contributed by atoms with E-state index in [1.807, 2.05) is 0 Å². The van der Waals surface area contributed by atoms with Crippen LogP contribution in [0.5, 0.6) is 0 Å². The van der Waals surface area contributed by atoms with Crippen LogP contribution in [0, 0.1) is 23.4 Å². The predicted octanol–water partition coefficient (Wildman–Crippen LogP) is 4.19. The molecule has 19 heavy (non-hydrogen) atoms. The first-order valence-corrected chi connectivity index (χ1v) is 6.88. The quantitative estimate of drug-likeness (QED) is 0.741. The van der Waals surface area contributed by atoms with Crippen molar-refractivity contribution in [1.82, 2.24) is 0 Å². The molecule has 0 saturated heterocycles. The summed E-state index contributed by atoms with van der Waals surface area (Å²) in [4.78, 5) is 0. The number of hydrogen-bond acceptors (Lipinski definition) is 1. The summed E-state index contributed by atoms with van der Waals surface area (Å²) in [6, 6.07) is 1.28. The van der Waals surface area contributed by atoms with Gasteiger partial charge in [-0.3, -0.25) is 0 Å². The third-order valence-corrected chi connectivity index (χ3v) is 3.47. The standard InChI is InChI=1S/C15H22F3N/c1-3-5-10(6-4-2)15(19)8-11-7-13(17)14(18)9-12(11)16/h7,9-10,15H,3-6,8,19H2,1-2H3. The van der Waals surface area contributed by atoms with E-state index in [-0.39, 0.29) is 18.0 Å². The van der Waals surface area contributed by atoms with Gasteiger partial charge in [0, 0.05) is 12.1 Å². The molecule has 0 amide bonds. The van der Waals surface area contributed by atoms with E-state index in [0.29, 0.717) is 12.0 Å². The topological polar surface area (TPSA) is 26.0 Å². The SMILES string of the molecule is CCCC(CCC)C(N)Cc1cc(F)c(F)cc1F. The summed E-state index contributed by atoms with van der Waals surface area (Å²) in [7, 11) is 0. The molecule has 1 atom stereocenters.